The summed E-state index contributed by atoms with van der Waals surface area (Å²) in [5.74, 6) is 1.27. The number of amidine groups is 1. The second kappa shape index (κ2) is 5.39. The van der Waals surface area contributed by atoms with Gasteiger partial charge in [-0.2, -0.15) is 0 Å². The van der Waals surface area contributed by atoms with Gasteiger partial charge in [0.05, 0.1) is 11.2 Å². The van der Waals surface area contributed by atoms with Crippen LogP contribution in [0.25, 0.3) is 10.9 Å². The normalized spacial score (nSPS) is 17.8. The highest BCUT2D eigenvalue weighted by atomic mass is 14.9. The zero-order valence-electron chi connectivity index (χ0n) is 11.0. The number of nitrogens with zero attached hydrogens (tertiary/aromatic N) is 2. The van der Waals surface area contributed by atoms with Crippen LogP contribution >= 0.6 is 0 Å². The van der Waals surface area contributed by atoms with Crippen molar-refractivity contribution in [2.75, 3.05) is 0 Å². The van der Waals surface area contributed by atoms with Gasteiger partial charge in [0.15, 0.2) is 0 Å². The molecule has 1 saturated carbocycles. The minimum atomic E-state index is 0.471. The van der Waals surface area contributed by atoms with Gasteiger partial charge in [0, 0.05) is 17.5 Å². The first kappa shape index (κ1) is 12.2. The Morgan fingerprint density at radius 3 is 2.84 bits per heavy atom. The third-order valence-corrected chi connectivity index (χ3v) is 3.87. The smallest absolute Gasteiger partial charge is 0.103 e. The molecule has 0 bridgehead atoms. The van der Waals surface area contributed by atoms with Gasteiger partial charge in [0.25, 0.3) is 0 Å². The number of nitrogens with two attached hydrogens (primary N) is 1. The molecular weight excluding hydrogens is 234 g/mol. The van der Waals surface area contributed by atoms with E-state index in [0.717, 1.165) is 22.4 Å². The van der Waals surface area contributed by atoms with Crippen molar-refractivity contribution in [1.29, 1.82) is 0 Å². The molecule has 0 amide bonds. The van der Waals surface area contributed by atoms with Crippen LogP contribution in [-0.2, 0) is 0 Å². The maximum atomic E-state index is 6.16. The third kappa shape index (κ3) is 2.75. The van der Waals surface area contributed by atoms with Crippen molar-refractivity contribution >= 4 is 22.4 Å². The second-order valence-electron chi connectivity index (χ2n) is 5.25. The molecule has 0 radical (unpaired) electrons. The molecule has 0 unspecified atom stereocenters. The molecule has 1 aliphatic carbocycles. The summed E-state index contributed by atoms with van der Waals surface area (Å²) in [6.07, 6.45) is 8.08. The number of aliphatic imine (C=N–C) groups is 1. The van der Waals surface area contributed by atoms with Crippen molar-refractivity contribution in [3.8, 4) is 0 Å². The fraction of sp³-hybridized carbons (Fsp3) is 0.375. The molecule has 0 spiro atoms. The molecule has 1 fully saturated rings. The number of rotatable bonds is 2. The first-order valence-corrected chi connectivity index (χ1v) is 7.02. The Kier molecular flexibility index (Phi) is 3.45. The van der Waals surface area contributed by atoms with E-state index in [-0.39, 0.29) is 0 Å². The topological polar surface area (TPSA) is 51.3 Å². The zero-order chi connectivity index (χ0) is 13.1. The summed E-state index contributed by atoms with van der Waals surface area (Å²) in [4.78, 5) is 8.91. The number of pyridine rings is 1. The van der Waals surface area contributed by atoms with E-state index in [9.17, 15) is 0 Å². The SMILES string of the molecule is NC(=Nc1ccc2ncccc2c1)C1CCCCC1. The maximum absolute atomic E-state index is 6.16. The van der Waals surface area contributed by atoms with Gasteiger partial charge < -0.3 is 5.73 Å². The lowest BCUT2D eigenvalue weighted by molar-refractivity contribution is 0.437. The highest BCUT2D eigenvalue weighted by Gasteiger charge is 2.16. The average molecular weight is 253 g/mol. The summed E-state index contributed by atoms with van der Waals surface area (Å²) >= 11 is 0. The van der Waals surface area contributed by atoms with Crippen LogP contribution in [0.5, 0.6) is 0 Å². The summed E-state index contributed by atoms with van der Waals surface area (Å²) in [5, 5.41) is 1.11. The molecule has 0 aliphatic heterocycles. The van der Waals surface area contributed by atoms with Gasteiger partial charge in [-0.1, -0.05) is 25.3 Å². The van der Waals surface area contributed by atoms with Crippen LogP contribution in [0.1, 0.15) is 32.1 Å². The fourth-order valence-corrected chi connectivity index (χ4v) is 2.77. The first-order chi connectivity index (χ1) is 9.33. The molecule has 2 aromatic rings. The lowest BCUT2D eigenvalue weighted by Gasteiger charge is -2.20. The predicted molar refractivity (Wildman–Crippen MR) is 79.6 cm³/mol. The van der Waals surface area contributed by atoms with Crippen LogP contribution in [0.4, 0.5) is 5.69 Å². The quantitative estimate of drug-likeness (QED) is 0.653. The van der Waals surface area contributed by atoms with Gasteiger partial charge in [-0.25, -0.2) is 4.99 Å². The van der Waals surface area contributed by atoms with Crippen molar-refractivity contribution in [1.82, 2.24) is 4.98 Å². The summed E-state index contributed by atoms with van der Waals surface area (Å²) in [6.45, 7) is 0. The minimum absolute atomic E-state index is 0.471. The Hall–Kier alpha value is -1.90. The van der Waals surface area contributed by atoms with Crippen molar-refractivity contribution < 1.29 is 0 Å². The molecule has 0 saturated heterocycles. The van der Waals surface area contributed by atoms with E-state index in [1.54, 1.807) is 0 Å². The van der Waals surface area contributed by atoms with Crippen molar-refractivity contribution in [3.05, 3.63) is 36.5 Å². The van der Waals surface area contributed by atoms with Crippen molar-refractivity contribution in [3.63, 3.8) is 0 Å². The van der Waals surface area contributed by atoms with E-state index in [1.165, 1.54) is 32.1 Å². The number of hydrogen-bond donors (Lipinski definition) is 1. The molecule has 98 valence electrons. The maximum Gasteiger partial charge on any atom is 0.103 e. The zero-order valence-corrected chi connectivity index (χ0v) is 11.0. The van der Waals surface area contributed by atoms with Gasteiger partial charge in [0.2, 0.25) is 0 Å². The van der Waals surface area contributed by atoms with E-state index in [4.69, 9.17) is 5.73 Å². The van der Waals surface area contributed by atoms with Crippen LogP contribution in [0.15, 0.2) is 41.5 Å². The van der Waals surface area contributed by atoms with E-state index < -0.39 is 0 Å². The standard InChI is InChI=1S/C16H19N3/c17-16(12-5-2-1-3-6-12)19-14-8-9-15-13(11-14)7-4-10-18-15/h4,7-12H,1-3,5-6H2,(H2,17,19). The summed E-state index contributed by atoms with van der Waals surface area (Å²) in [6, 6.07) is 10.0. The number of hydrogen-bond acceptors (Lipinski definition) is 2. The summed E-state index contributed by atoms with van der Waals surface area (Å²) < 4.78 is 0. The molecule has 1 aromatic heterocycles. The molecule has 3 rings (SSSR count). The van der Waals surface area contributed by atoms with Gasteiger partial charge in [-0.05, 0) is 37.1 Å². The van der Waals surface area contributed by atoms with Gasteiger partial charge in [-0.3, -0.25) is 4.98 Å². The minimum Gasteiger partial charge on any atom is -0.387 e. The predicted octanol–water partition coefficient (Wildman–Crippen LogP) is 3.80. The highest BCUT2D eigenvalue weighted by molar-refractivity contribution is 5.88. The largest absolute Gasteiger partial charge is 0.387 e. The molecule has 3 heteroatoms. The fourth-order valence-electron chi connectivity index (χ4n) is 2.77. The number of aromatic nitrogens is 1. The van der Waals surface area contributed by atoms with E-state index in [2.05, 4.69) is 22.1 Å². The van der Waals surface area contributed by atoms with Crippen LogP contribution in [0, 0.1) is 5.92 Å². The summed E-state index contributed by atoms with van der Waals surface area (Å²) in [7, 11) is 0. The van der Waals surface area contributed by atoms with Crippen LogP contribution < -0.4 is 5.73 Å². The molecule has 1 aliphatic rings. The molecular formula is C16H19N3. The summed E-state index contributed by atoms with van der Waals surface area (Å²) in [5.41, 5.74) is 8.09. The Morgan fingerprint density at radius 2 is 2.00 bits per heavy atom. The number of benzene rings is 1. The highest BCUT2D eigenvalue weighted by Crippen LogP contribution is 2.26. The van der Waals surface area contributed by atoms with E-state index in [0.29, 0.717) is 5.92 Å². The van der Waals surface area contributed by atoms with Gasteiger partial charge in [-0.15, -0.1) is 0 Å². The molecule has 0 atom stereocenters. The Balaban J connectivity index is 1.86. The Morgan fingerprint density at radius 1 is 1.16 bits per heavy atom. The van der Waals surface area contributed by atoms with Crippen molar-refractivity contribution in [2.45, 2.75) is 32.1 Å². The monoisotopic (exact) mass is 253 g/mol. The Labute approximate surface area is 113 Å². The second-order valence-corrected chi connectivity index (χ2v) is 5.25. The van der Waals surface area contributed by atoms with Gasteiger partial charge in [0.1, 0.15) is 5.84 Å². The van der Waals surface area contributed by atoms with Crippen LogP contribution in [0.2, 0.25) is 0 Å². The van der Waals surface area contributed by atoms with Crippen LogP contribution in [0.3, 0.4) is 0 Å². The first-order valence-electron chi connectivity index (χ1n) is 7.02. The Bertz CT molecular complexity index is 598. The lowest BCUT2D eigenvalue weighted by atomic mass is 9.88. The molecule has 3 nitrogen and oxygen atoms in total. The molecule has 2 N–H and O–H groups in total. The third-order valence-electron chi connectivity index (χ3n) is 3.87. The number of fused-ring (bicyclic) bond motifs is 1. The van der Waals surface area contributed by atoms with Crippen LogP contribution in [-0.4, -0.2) is 10.8 Å². The molecule has 1 heterocycles. The molecule has 1 aromatic carbocycles. The lowest BCUT2D eigenvalue weighted by Crippen LogP contribution is -2.25. The average Bonchev–Trinajstić information content (AvgIpc) is 2.48. The van der Waals surface area contributed by atoms with E-state index >= 15 is 0 Å². The molecule has 19 heavy (non-hydrogen) atoms. The van der Waals surface area contributed by atoms with Gasteiger partial charge >= 0.3 is 0 Å². The van der Waals surface area contributed by atoms with E-state index in [1.807, 2.05) is 24.4 Å². The van der Waals surface area contributed by atoms with Crippen molar-refractivity contribution in [2.24, 2.45) is 16.6 Å².